The second-order valence-electron chi connectivity index (χ2n) is 4.79. The zero-order valence-corrected chi connectivity index (χ0v) is 15.4. The van der Waals surface area contributed by atoms with Crippen LogP contribution in [0.2, 0.25) is 10.0 Å². The lowest BCUT2D eigenvalue weighted by Crippen LogP contribution is -2.31. The maximum atomic E-state index is 6.16. The van der Waals surface area contributed by atoms with E-state index in [0.717, 1.165) is 17.7 Å². The summed E-state index contributed by atoms with van der Waals surface area (Å²) >= 11 is 17.1. The highest BCUT2D eigenvalue weighted by molar-refractivity contribution is 7.80. The van der Waals surface area contributed by atoms with Gasteiger partial charge in [-0.2, -0.15) is 5.10 Å². The number of nitrogens with zero attached hydrogens (tertiary/aromatic N) is 1. The molecule has 126 valence electrons. The highest BCUT2D eigenvalue weighted by Crippen LogP contribution is 2.23. The molecule has 0 heterocycles. The van der Waals surface area contributed by atoms with Gasteiger partial charge in [0.05, 0.1) is 6.21 Å². The topological polar surface area (TPSA) is 45.7 Å². The zero-order valence-electron chi connectivity index (χ0n) is 13.1. The Hall–Kier alpha value is -1.82. The summed E-state index contributed by atoms with van der Waals surface area (Å²) in [6, 6.07) is 12.9. The molecule has 0 amide bonds. The summed E-state index contributed by atoms with van der Waals surface area (Å²) in [5.41, 5.74) is 4.44. The summed E-state index contributed by atoms with van der Waals surface area (Å²) < 4.78 is 5.85. The number of hydrogen-bond donors (Lipinski definition) is 2. The molecular weight excluding hydrogens is 365 g/mol. The number of thiocarbonyl (C=S) groups is 1. The molecule has 0 unspecified atom stereocenters. The van der Waals surface area contributed by atoms with Gasteiger partial charge < -0.3 is 10.1 Å². The Kier molecular flexibility index (Phi) is 7.31. The van der Waals surface area contributed by atoms with Crippen LogP contribution in [0, 0.1) is 0 Å². The van der Waals surface area contributed by atoms with E-state index in [-0.39, 0.29) is 0 Å². The Balaban J connectivity index is 2.03. The van der Waals surface area contributed by atoms with Crippen LogP contribution in [0.4, 0.5) is 0 Å². The Morgan fingerprint density at radius 1 is 1.25 bits per heavy atom. The molecule has 0 atom stereocenters. The monoisotopic (exact) mass is 381 g/mol. The van der Waals surface area contributed by atoms with Gasteiger partial charge in [-0.3, -0.25) is 5.43 Å². The van der Waals surface area contributed by atoms with Crippen LogP contribution < -0.4 is 15.5 Å². The van der Waals surface area contributed by atoms with Gasteiger partial charge in [0.2, 0.25) is 0 Å². The second-order valence-corrected chi connectivity index (χ2v) is 6.04. The summed E-state index contributed by atoms with van der Waals surface area (Å²) in [6.07, 6.45) is 1.66. The minimum atomic E-state index is 0.337. The molecule has 2 N–H and O–H groups in total. The van der Waals surface area contributed by atoms with E-state index in [1.54, 1.807) is 18.3 Å². The SMILES string of the molecule is CCNC(=S)NN=Cc1ccccc1OCc1ccc(Cl)cc1Cl. The third-order valence-electron chi connectivity index (χ3n) is 3.02. The van der Waals surface area contributed by atoms with Crippen molar-refractivity contribution in [2.45, 2.75) is 13.5 Å². The molecular formula is C17H17Cl2N3OS. The predicted molar refractivity (Wildman–Crippen MR) is 104 cm³/mol. The van der Waals surface area contributed by atoms with E-state index < -0.39 is 0 Å². The quantitative estimate of drug-likeness (QED) is 0.442. The zero-order chi connectivity index (χ0) is 17.4. The standard InChI is InChI=1S/C17H17Cl2N3OS/c1-2-20-17(24)22-21-10-12-5-3-4-6-16(12)23-11-13-7-8-14(18)9-15(13)19/h3-10H,2,11H2,1H3,(H2,20,22,24). The van der Waals surface area contributed by atoms with Crippen molar-refractivity contribution in [2.24, 2.45) is 5.10 Å². The van der Waals surface area contributed by atoms with E-state index in [4.69, 9.17) is 40.2 Å². The van der Waals surface area contributed by atoms with E-state index in [2.05, 4.69) is 15.8 Å². The highest BCUT2D eigenvalue weighted by atomic mass is 35.5. The molecule has 4 nitrogen and oxygen atoms in total. The van der Waals surface area contributed by atoms with Gasteiger partial charge in [0.1, 0.15) is 12.4 Å². The molecule has 0 saturated carbocycles. The van der Waals surface area contributed by atoms with Crippen molar-refractivity contribution >= 4 is 46.7 Å². The van der Waals surface area contributed by atoms with Crippen LogP contribution in [0.1, 0.15) is 18.1 Å². The number of rotatable bonds is 6. The molecule has 0 fully saturated rings. The predicted octanol–water partition coefficient (Wildman–Crippen LogP) is 4.39. The van der Waals surface area contributed by atoms with Crippen molar-refractivity contribution in [1.29, 1.82) is 0 Å². The van der Waals surface area contributed by atoms with Crippen molar-refractivity contribution in [2.75, 3.05) is 6.54 Å². The summed E-state index contributed by atoms with van der Waals surface area (Å²) in [5.74, 6) is 0.698. The molecule has 0 bridgehead atoms. The fourth-order valence-corrected chi connectivity index (χ4v) is 2.53. The van der Waals surface area contributed by atoms with Gasteiger partial charge in [0.25, 0.3) is 0 Å². The first-order valence-corrected chi connectivity index (χ1v) is 8.49. The summed E-state index contributed by atoms with van der Waals surface area (Å²) in [7, 11) is 0. The first-order valence-electron chi connectivity index (χ1n) is 7.32. The normalized spacial score (nSPS) is 10.6. The number of para-hydroxylation sites is 1. The van der Waals surface area contributed by atoms with Gasteiger partial charge in [-0.05, 0) is 43.4 Å². The summed E-state index contributed by atoms with van der Waals surface area (Å²) in [5, 5.41) is 8.70. The van der Waals surface area contributed by atoms with Crippen molar-refractivity contribution < 1.29 is 4.74 Å². The summed E-state index contributed by atoms with van der Waals surface area (Å²) in [4.78, 5) is 0. The number of hydrogen-bond acceptors (Lipinski definition) is 3. The average molecular weight is 382 g/mol. The molecule has 0 aliphatic rings. The lowest BCUT2D eigenvalue weighted by Gasteiger charge is -2.10. The van der Waals surface area contributed by atoms with Gasteiger partial charge in [-0.1, -0.05) is 41.4 Å². The largest absolute Gasteiger partial charge is 0.488 e. The van der Waals surface area contributed by atoms with Gasteiger partial charge in [0, 0.05) is 27.7 Å². The van der Waals surface area contributed by atoms with E-state index in [1.807, 2.05) is 37.3 Å². The molecule has 0 radical (unpaired) electrons. The number of nitrogens with one attached hydrogen (secondary N) is 2. The Morgan fingerprint density at radius 3 is 2.79 bits per heavy atom. The van der Waals surface area contributed by atoms with E-state index >= 15 is 0 Å². The first-order chi connectivity index (χ1) is 11.6. The van der Waals surface area contributed by atoms with Gasteiger partial charge in [-0.15, -0.1) is 0 Å². The van der Waals surface area contributed by atoms with E-state index in [1.165, 1.54) is 0 Å². The van der Waals surface area contributed by atoms with Crippen LogP contribution in [0.5, 0.6) is 5.75 Å². The lowest BCUT2D eigenvalue weighted by atomic mass is 10.2. The molecule has 2 aromatic carbocycles. The van der Waals surface area contributed by atoms with Crippen LogP contribution in [0.25, 0.3) is 0 Å². The fraction of sp³-hybridized carbons (Fsp3) is 0.176. The molecule has 2 rings (SSSR count). The van der Waals surface area contributed by atoms with Crippen LogP contribution in [-0.2, 0) is 6.61 Å². The Morgan fingerprint density at radius 2 is 2.04 bits per heavy atom. The number of halogens is 2. The third-order valence-corrected chi connectivity index (χ3v) is 3.85. The minimum Gasteiger partial charge on any atom is -0.488 e. The maximum absolute atomic E-state index is 6.16. The van der Waals surface area contributed by atoms with Gasteiger partial charge >= 0.3 is 0 Å². The minimum absolute atomic E-state index is 0.337. The average Bonchev–Trinajstić information content (AvgIpc) is 2.55. The second kappa shape index (κ2) is 9.47. The highest BCUT2D eigenvalue weighted by Gasteiger charge is 2.05. The van der Waals surface area contributed by atoms with E-state index in [9.17, 15) is 0 Å². The van der Waals surface area contributed by atoms with Crippen molar-refractivity contribution in [3.63, 3.8) is 0 Å². The van der Waals surface area contributed by atoms with Gasteiger partial charge in [0.15, 0.2) is 5.11 Å². The van der Waals surface area contributed by atoms with Crippen molar-refractivity contribution in [3.05, 3.63) is 63.6 Å². The number of ether oxygens (including phenoxy) is 1. The molecule has 2 aromatic rings. The maximum Gasteiger partial charge on any atom is 0.186 e. The van der Waals surface area contributed by atoms with E-state index in [0.29, 0.717) is 27.5 Å². The van der Waals surface area contributed by atoms with Crippen LogP contribution in [0.15, 0.2) is 47.6 Å². The van der Waals surface area contributed by atoms with Crippen molar-refractivity contribution in [3.8, 4) is 5.75 Å². The van der Waals surface area contributed by atoms with Crippen molar-refractivity contribution in [1.82, 2.24) is 10.7 Å². The summed E-state index contributed by atoms with van der Waals surface area (Å²) in [6.45, 7) is 3.04. The number of hydrazone groups is 1. The lowest BCUT2D eigenvalue weighted by molar-refractivity contribution is 0.306. The molecule has 0 spiro atoms. The Bertz CT molecular complexity index is 738. The van der Waals surface area contributed by atoms with Crippen LogP contribution in [-0.4, -0.2) is 17.9 Å². The molecule has 24 heavy (non-hydrogen) atoms. The Labute approximate surface area is 156 Å². The van der Waals surface area contributed by atoms with Crippen LogP contribution >= 0.6 is 35.4 Å². The first kappa shape index (κ1) is 18.5. The third kappa shape index (κ3) is 5.67. The number of benzene rings is 2. The smallest absolute Gasteiger partial charge is 0.186 e. The van der Waals surface area contributed by atoms with Gasteiger partial charge in [-0.25, -0.2) is 0 Å². The fourth-order valence-electron chi connectivity index (χ4n) is 1.87. The molecule has 0 saturated heterocycles. The van der Waals surface area contributed by atoms with Crippen LogP contribution in [0.3, 0.4) is 0 Å². The molecule has 7 heteroatoms. The molecule has 0 aliphatic heterocycles. The molecule has 0 aromatic heterocycles. The molecule has 0 aliphatic carbocycles.